The number of aromatic nitrogens is 3. The van der Waals surface area contributed by atoms with Crippen LogP contribution in [0.15, 0.2) is 0 Å². The normalized spacial score (nSPS) is 10.3. The summed E-state index contributed by atoms with van der Waals surface area (Å²) in [4.78, 5) is 0. The average molecular weight is 155 g/mol. The zero-order valence-corrected chi connectivity index (χ0v) is 6.67. The van der Waals surface area contributed by atoms with Crippen LogP contribution in [0.2, 0.25) is 0 Å². The fraction of sp³-hybridized carbons (Fsp3) is 0.714. The summed E-state index contributed by atoms with van der Waals surface area (Å²) < 4.78 is 0. The van der Waals surface area contributed by atoms with Gasteiger partial charge in [-0.05, 0) is 12.8 Å². The molecule has 0 bridgehead atoms. The van der Waals surface area contributed by atoms with Crippen molar-refractivity contribution in [1.29, 1.82) is 0 Å². The van der Waals surface area contributed by atoms with Gasteiger partial charge in [0.05, 0.1) is 0 Å². The van der Waals surface area contributed by atoms with Gasteiger partial charge in [0, 0.05) is 0 Å². The van der Waals surface area contributed by atoms with Crippen LogP contribution in [0.4, 0.5) is 0 Å². The van der Waals surface area contributed by atoms with Gasteiger partial charge in [-0.2, -0.15) is 0 Å². The number of hydrogen-bond donors (Lipinski definition) is 2. The van der Waals surface area contributed by atoms with Crippen LogP contribution in [0, 0.1) is 0 Å². The van der Waals surface area contributed by atoms with Crippen LogP contribution < -0.4 is 0 Å². The molecule has 0 aromatic carbocycles. The second-order valence-electron chi connectivity index (χ2n) is 2.56. The van der Waals surface area contributed by atoms with E-state index in [2.05, 4.69) is 22.3 Å². The van der Waals surface area contributed by atoms with Crippen molar-refractivity contribution in [3.63, 3.8) is 0 Å². The minimum atomic E-state index is 0.112. The minimum absolute atomic E-state index is 0.112. The van der Waals surface area contributed by atoms with Gasteiger partial charge in [-0.1, -0.05) is 25.0 Å². The highest BCUT2D eigenvalue weighted by Crippen LogP contribution is 2.11. The Bertz CT molecular complexity index is 209. The van der Waals surface area contributed by atoms with Crippen molar-refractivity contribution in [2.45, 2.75) is 32.6 Å². The third-order valence-corrected chi connectivity index (χ3v) is 1.62. The number of rotatable bonds is 4. The molecule has 0 radical (unpaired) electrons. The summed E-state index contributed by atoms with van der Waals surface area (Å²) in [6.45, 7) is 2.14. The smallest absolute Gasteiger partial charge is 0.230 e. The van der Waals surface area contributed by atoms with Crippen LogP contribution in [-0.2, 0) is 6.42 Å². The monoisotopic (exact) mass is 155 g/mol. The number of aryl methyl sites for hydroxylation is 1. The van der Waals surface area contributed by atoms with Crippen molar-refractivity contribution in [3.8, 4) is 5.88 Å². The summed E-state index contributed by atoms with van der Waals surface area (Å²) in [5.41, 5.74) is 0.679. The molecular weight excluding hydrogens is 142 g/mol. The van der Waals surface area contributed by atoms with E-state index in [1.807, 2.05) is 0 Å². The second kappa shape index (κ2) is 3.95. The molecule has 62 valence electrons. The van der Waals surface area contributed by atoms with Crippen molar-refractivity contribution >= 4 is 0 Å². The van der Waals surface area contributed by atoms with Crippen LogP contribution in [0.3, 0.4) is 0 Å². The lowest BCUT2D eigenvalue weighted by Gasteiger charge is -1.93. The van der Waals surface area contributed by atoms with Gasteiger partial charge < -0.3 is 5.11 Å². The summed E-state index contributed by atoms with van der Waals surface area (Å²) in [7, 11) is 0. The molecule has 4 nitrogen and oxygen atoms in total. The van der Waals surface area contributed by atoms with Gasteiger partial charge in [0.15, 0.2) is 0 Å². The molecule has 0 spiro atoms. The lowest BCUT2D eigenvalue weighted by Crippen LogP contribution is -1.85. The van der Waals surface area contributed by atoms with Gasteiger partial charge in [0.25, 0.3) is 0 Å². The average Bonchev–Trinajstić information content (AvgIpc) is 2.37. The third-order valence-electron chi connectivity index (χ3n) is 1.62. The zero-order valence-electron chi connectivity index (χ0n) is 6.67. The molecule has 0 atom stereocenters. The predicted molar refractivity (Wildman–Crippen MR) is 41.3 cm³/mol. The summed E-state index contributed by atoms with van der Waals surface area (Å²) in [5, 5.41) is 18.7. The number of aromatic amines is 1. The first-order chi connectivity index (χ1) is 5.34. The Kier molecular flexibility index (Phi) is 2.89. The van der Waals surface area contributed by atoms with E-state index in [1.165, 1.54) is 12.8 Å². The molecule has 0 unspecified atom stereocenters. The molecule has 0 aliphatic heterocycles. The molecular formula is C7H13N3O. The Morgan fingerprint density at radius 2 is 2.27 bits per heavy atom. The lowest BCUT2D eigenvalue weighted by molar-refractivity contribution is 0.444. The van der Waals surface area contributed by atoms with Crippen molar-refractivity contribution < 1.29 is 5.11 Å². The molecule has 4 heteroatoms. The second-order valence-corrected chi connectivity index (χ2v) is 2.56. The number of H-pyrrole nitrogens is 1. The van der Waals surface area contributed by atoms with Crippen molar-refractivity contribution in [2.75, 3.05) is 0 Å². The Balaban J connectivity index is 2.32. The molecule has 11 heavy (non-hydrogen) atoms. The third kappa shape index (κ3) is 2.22. The molecule has 0 fully saturated rings. The number of nitrogens with zero attached hydrogens (tertiary/aromatic N) is 2. The Morgan fingerprint density at radius 1 is 1.45 bits per heavy atom. The standard InChI is InChI=1S/C7H13N3O/c1-2-3-4-5-6-7(11)9-10-8-6/h2-5H2,1H3,(H2,8,9,10,11). The van der Waals surface area contributed by atoms with Crippen molar-refractivity contribution in [1.82, 2.24) is 15.4 Å². The predicted octanol–water partition coefficient (Wildman–Crippen LogP) is 1.24. The van der Waals surface area contributed by atoms with Crippen LogP contribution >= 0.6 is 0 Å². The first-order valence-electron chi connectivity index (χ1n) is 3.93. The quantitative estimate of drug-likeness (QED) is 0.643. The van der Waals surface area contributed by atoms with E-state index in [0.717, 1.165) is 12.8 Å². The summed E-state index contributed by atoms with van der Waals surface area (Å²) >= 11 is 0. The van der Waals surface area contributed by atoms with Gasteiger partial charge in [-0.15, -0.1) is 5.10 Å². The summed E-state index contributed by atoms with van der Waals surface area (Å²) in [6.07, 6.45) is 4.23. The summed E-state index contributed by atoms with van der Waals surface area (Å²) in [6, 6.07) is 0. The van der Waals surface area contributed by atoms with E-state index in [1.54, 1.807) is 0 Å². The van der Waals surface area contributed by atoms with Crippen LogP contribution in [0.25, 0.3) is 0 Å². The van der Waals surface area contributed by atoms with E-state index in [-0.39, 0.29) is 5.88 Å². The maximum absolute atomic E-state index is 9.07. The number of aromatic hydroxyl groups is 1. The van der Waals surface area contributed by atoms with E-state index >= 15 is 0 Å². The van der Waals surface area contributed by atoms with Crippen LogP contribution in [0.5, 0.6) is 5.88 Å². The van der Waals surface area contributed by atoms with Crippen molar-refractivity contribution in [3.05, 3.63) is 5.69 Å². The van der Waals surface area contributed by atoms with Crippen molar-refractivity contribution in [2.24, 2.45) is 0 Å². The Hall–Kier alpha value is -1.06. The molecule has 1 heterocycles. The molecule has 1 aromatic heterocycles. The molecule has 0 saturated carbocycles. The van der Waals surface area contributed by atoms with E-state index in [9.17, 15) is 0 Å². The molecule has 0 aliphatic rings. The van der Waals surface area contributed by atoms with E-state index in [0.29, 0.717) is 5.69 Å². The molecule has 1 aromatic rings. The highest BCUT2D eigenvalue weighted by atomic mass is 16.3. The van der Waals surface area contributed by atoms with Gasteiger partial charge in [-0.25, -0.2) is 5.10 Å². The zero-order chi connectivity index (χ0) is 8.10. The molecule has 1 rings (SSSR count). The first-order valence-corrected chi connectivity index (χ1v) is 3.93. The van der Waals surface area contributed by atoms with Gasteiger partial charge in [0.1, 0.15) is 5.69 Å². The number of hydrogen-bond acceptors (Lipinski definition) is 3. The van der Waals surface area contributed by atoms with E-state index in [4.69, 9.17) is 5.11 Å². The SMILES string of the molecule is CCCCCc1nn[nH]c1O. The van der Waals surface area contributed by atoms with Gasteiger partial charge >= 0.3 is 0 Å². The highest BCUT2D eigenvalue weighted by molar-refractivity contribution is 5.12. The lowest BCUT2D eigenvalue weighted by atomic mass is 10.2. The Morgan fingerprint density at radius 3 is 2.82 bits per heavy atom. The van der Waals surface area contributed by atoms with E-state index < -0.39 is 0 Å². The minimum Gasteiger partial charge on any atom is -0.492 e. The maximum Gasteiger partial charge on any atom is 0.230 e. The van der Waals surface area contributed by atoms with Gasteiger partial charge in [-0.3, -0.25) is 0 Å². The Labute approximate surface area is 65.6 Å². The number of unbranched alkanes of at least 4 members (excludes halogenated alkanes) is 2. The van der Waals surface area contributed by atoms with Gasteiger partial charge in [0.2, 0.25) is 5.88 Å². The molecule has 0 saturated heterocycles. The number of nitrogens with one attached hydrogen (secondary N) is 1. The highest BCUT2D eigenvalue weighted by Gasteiger charge is 2.02. The fourth-order valence-corrected chi connectivity index (χ4v) is 0.955. The fourth-order valence-electron chi connectivity index (χ4n) is 0.955. The first kappa shape index (κ1) is 8.04. The topological polar surface area (TPSA) is 61.8 Å². The van der Waals surface area contributed by atoms with Crippen LogP contribution in [-0.4, -0.2) is 20.5 Å². The summed E-state index contributed by atoms with van der Waals surface area (Å²) in [5.74, 6) is 0.112. The van der Waals surface area contributed by atoms with Crippen LogP contribution in [0.1, 0.15) is 31.9 Å². The molecule has 0 aliphatic carbocycles. The molecule has 0 amide bonds. The largest absolute Gasteiger partial charge is 0.492 e. The maximum atomic E-state index is 9.07. The molecule has 2 N–H and O–H groups in total.